The van der Waals surface area contributed by atoms with Crippen molar-refractivity contribution >= 4 is 0 Å². The number of nitrogens with one attached hydrogen (secondary N) is 4. The Morgan fingerprint density at radius 3 is 2.67 bits per heavy atom. The zero-order chi connectivity index (χ0) is 7.11. The minimum atomic E-state index is 0.778. The molecule has 0 aliphatic heterocycles. The number of nitrogens with two attached hydrogens (primary N) is 2. The largest absolute Gasteiger partial charge is 0.256 e. The smallest absolute Gasteiger partial charge is 0.0000235 e. The molecule has 0 radical (unpaired) electrons. The number of hydrogen-bond donors (Lipinski definition) is 6. The van der Waals surface area contributed by atoms with Crippen LogP contribution in [-0.2, 0) is 4.94 Å². The summed E-state index contributed by atoms with van der Waals surface area (Å²) in [6.45, 7) is 0. The molecule has 0 unspecified atom stereocenters. The van der Waals surface area contributed by atoms with E-state index in [1.165, 1.54) is 0 Å². The molecule has 0 aliphatic carbocycles. The van der Waals surface area contributed by atoms with Gasteiger partial charge >= 0.3 is 0 Å². The highest BCUT2D eigenvalue weighted by Crippen LogP contribution is 1.58. The molecule has 8 N–H and O–H groups in total. The average Bonchev–Trinajstić information content (AvgIpc) is 1.85. The Bertz CT molecular complexity index is 56.9. The second-order valence-electron chi connectivity index (χ2n) is 1.03. The normalized spacial score (nSPS) is 10.7. The SMILES string of the molecule is CNNN(N)ONNN. The molecule has 0 amide bonds. The molecule has 0 aromatic heterocycles. The van der Waals surface area contributed by atoms with Crippen LogP contribution in [0, 0.1) is 0 Å². The summed E-state index contributed by atoms with van der Waals surface area (Å²) < 4.78 is 0. The van der Waals surface area contributed by atoms with E-state index in [0.29, 0.717) is 0 Å². The van der Waals surface area contributed by atoms with Crippen LogP contribution < -0.4 is 33.8 Å². The predicted molar refractivity (Wildman–Crippen MR) is 29.8 cm³/mol. The van der Waals surface area contributed by atoms with Crippen molar-refractivity contribution < 1.29 is 4.94 Å². The van der Waals surface area contributed by atoms with Crippen molar-refractivity contribution in [1.29, 1.82) is 0 Å². The first-order chi connectivity index (χ1) is 4.31. The molecule has 8 nitrogen and oxygen atoms in total. The van der Waals surface area contributed by atoms with E-state index in [2.05, 4.69) is 21.5 Å². The molecule has 8 heteroatoms. The standard InChI is InChI=1S/CH11N7O/c1-4-6-8(3)9-7-5-2/h4-7H,2-3H2,1H3. The highest BCUT2D eigenvalue weighted by Gasteiger charge is 1.90. The lowest BCUT2D eigenvalue weighted by atomic mass is 11.5. The number of nitrogens with zero attached hydrogens (tertiary/aromatic N) is 1. The molecule has 0 fully saturated rings. The molecular weight excluding hydrogens is 126 g/mol. The molecule has 0 aromatic carbocycles. The van der Waals surface area contributed by atoms with Crippen LogP contribution in [0.4, 0.5) is 0 Å². The molecule has 0 heterocycles. The molecule has 0 spiro atoms. The van der Waals surface area contributed by atoms with Gasteiger partial charge in [-0.3, -0.25) is 5.84 Å². The first-order valence-electron chi connectivity index (χ1n) is 2.16. The third kappa shape index (κ3) is 5.55. The first kappa shape index (κ1) is 8.68. The summed E-state index contributed by atoms with van der Waals surface area (Å²) in [5, 5.41) is 0.778. The highest BCUT2D eigenvalue weighted by atomic mass is 16.9. The lowest BCUT2D eigenvalue weighted by molar-refractivity contribution is -0.263. The summed E-state index contributed by atoms with van der Waals surface area (Å²) in [5.74, 6) is 9.81. The van der Waals surface area contributed by atoms with Gasteiger partial charge in [0.25, 0.3) is 0 Å². The maximum atomic E-state index is 5.05. The van der Waals surface area contributed by atoms with Crippen LogP contribution in [0.1, 0.15) is 0 Å². The summed E-state index contributed by atoms with van der Waals surface area (Å²) in [6.07, 6.45) is 0. The van der Waals surface area contributed by atoms with E-state index in [1.54, 1.807) is 7.05 Å². The first-order valence-corrected chi connectivity index (χ1v) is 2.16. The minimum Gasteiger partial charge on any atom is -0.256 e. The summed E-state index contributed by atoms with van der Waals surface area (Å²) in [7, 11) is 1.62. The van der Waals surface area contributed by atoms with Crippen molar-refractivity contribution in [2.45, 2.75) is 0 Å². The molecule has 0 saturated heterocycles. The molecule has 0 aliphatic rings. The Hall–Kier alpha value is -0.320. The molecule has 0 bridgehead atoms. The zero-order valence-corrected chi connectivity index (χ0v) is 5.01. The minimum absolute atomic E-state index is 0.778. The zero-order valence-electron chi connectivity index (χ0n) is 5.01. The van der Waals surface area contributed by atoms with Gasteiger partial charge in [-0.1, -0.05) is 0 Å². The third-order valence-corrected chi connectivity index (χ3v) is 0.425. The topological polar surface area (TPSA) is 113 Å². The fourth-order valence-corrected chi connectivity index (χ4v) is 0.209. The van der Waals surface area contributed by atoms with Crippen LogP contribution in [0.3, 0.4) is 0 Å². The van der Waals surface area contributed by atoms with Gasteiger partial charge < -0.3 is 0 Å². The lowest BCUT2D eigenvalue weighted by Crippen LogP contribution is -2.54. The van der Waals surface area contributed by atoms with Gasteiger partial charge in [-0.15, -0.1) is 5.59 Å². The van der Waals surface area contributed by atoms with E-state index in [1.807, 2.05) is 5.53 Å². The lowest BCUT2D eigenvalue weighted by Gasteiger charge is -2.14. The molecule has 0 rings (SSSR count). The predicted octanol–water partition coefficient (Wildman–Crippen LogP) is -3.38. The Balaban J connectivity index is 2.95. The van der Waals surface area contributed by atoms with Crippen LogP contribution >= 0.6 is 0 Å². The average molecular weight is 137 g/mol. The Kier molecular flexibility index (Phi) is 5.60. The van der Waals surface area contributed by atoms with Crippen LogP contribution in [0.5, 0.6) is 0 Å². The summed E-state index contributed by atoms with van der Waals surface area (Å²) in [5.41, 5.74) is 8.91. The van der Waals surface area contributed by atoms with Gasteiger partial charge in [-0.25, -0.2) is 11.3 Å². The van der Waals surface area contributed by atoms with Crippen LogP contribution in [0.25, 0.3) is 0 Å². The van der Waals surface area contributed by atoms with Crippen molar-refractivity contribution in [3.8, 4) is 0 Å². The Morgan fingerprint density at radius 1 is 1.56 bits per heavy atom. The maximum absolute atomic E-state index is 5.05. The summed E-state index contributed by atoms with van der Waals surface area (Å²) in [6, 6.07) is 0. The van der Waals surface area contributed by atoms with Gasteiger partial charge in [0.15, 0.2) is 0 Å². The van der Waals surface area contributed by atoms with Gasteiger partial charge in [-0.2, -0.15) is 16.0 Å². The quantitative estimate of drug-likeness (QED) is 0.172. The van der Waals surface area contributed by atoms with Gasteiger partial charge in [-0.05, 0) is 12.3 Å². The van der Waals surface area contributed by atoms with Crippen molar-refractivity contribution in [2.24, 2.45) is 11.7 Å². The Labute approximate surface area is 52.3 Å². The number of hydrogen-bond acceptors (Lipinski definition) is 8. The van der Waals surface area contributed by atoms with E-state index < -0.39 is 0 Å². The van der Waals surface area contributed by atoms with E-state index >= 15 is 0 Å². The maximum Gasteiger partial charge on any atom is -0.0000235 e. The van der Waals surface area contributed by atoms with Crippen LogP contribution in [-0.4, -0.2) is 12.3 Å². The Morgan fingerprint density at radius 2 is 2.22 bits per heavy atom. The second kappa shape index (κ2) is 5.81. The van der Waals surface area contributed by atoms with Crippen LogP contribution in [0.2, 0.25) is 0 Å². The van der Waals surface area contributed by atoms with Crippen molar-refractivity contribution in [3.63, 3.8) is 0 Å². The molecule has 56 valence electrons. The van der Waals surface area contributed by atoms with Gasteiger partial charge in [0.2, 0.25) is 0 Å². The van der Waals surface area contributed by atoms with Crippen LogP contribution in [0.15, 0.2) is 0 Å². The fraction of sp³-hybridized carbons (Fsp3) is 1.00. The van der Waals surface area contributed by atoms with Crippen molar-refractivity contribution in [1.82, 2.24) is 27.4 Å². The third-order valence-electron chi connectivity index (χ3n) is 0.425. The van der Waals surface area contributed by atoms with E-state index in [9.17, 15) is 0 Å². The molecular formula is CH11N7O. The molecule has 0 saturated carbocycles. The number of hydrazine groups is 5. The van der Waals surface area contributed by atoms with Crippen molar-refractivity contribution in [2.75, 3.05) is 7.05 Å². The van der Waals surface area contributed by atoms with Gasteiger partial charge in [0.05, 0.1) is 0 Å². The fourth-order valence-electron chi connectivity index (χ4n) is 0.209. The second-order valence-corrected chi connectivity index (χ2v) is 1.03. The van der Waals surface area contributed by atoms with E-state index in [4.69, 9.17) is 11.7 Å². The molecule has 0 aromatic rings. The van der Waals surface area contributed by atoms with E-state index in [-0.39, 0.29) is 0 Å². The van der Waals surface area contributed by atoms with Gasteiger partial charge in [0, 0.05) is 0 Å². The summed E-state index contributed by atoms with van der Waals surface area (Å²) >= 11 is 0. The molecule has 9 heavy (non-hydrogen) atoms. The van der Waals surface area contributed by atoms with Crippen molar-refractivity contribution in [3.05, 3.63) is 0 Å². The molecule has 0 atom stereocenters. The highest BCUT2D eigenvalue weighted by molar-refractivity contribution is 4.02. The van der Waals surface area contributed by atoms with E-state index in [0.717, 1.165) is 5.28 Å². The van der Waals surface area contributed by atoms with Gasteiger partial charge in [0.1, 0.15) is 0 Å². The monoisotopic (exact) mass is 137 g/mol. The summed E-state index contributed by atoms with van der Waals surface area (Å²) in [4.78, 5) is 4.38. The number of rotatable bonds is 5.